The van der Waals surface area contributed by atoms with Gasteiger partial charge in [0.25, 0.3) is 0 Å². The summed E-state index contributed by atoms with van der Waals surface area (Å²) in [6.07, 6.45) is 5.67. The standard InChI is InChI=1S/C21H24N2O3/c24-20(25)23-11-7-15-3-1-2-4-18(15)21(23,17-8-12-26-14-17)19-13-22-9-5-16(19)6-10-22/h1-4,8,12,14,16,19H,5-7,9-11,13H2,(H,24,25). The minimum atomic E-state index is -0.836. The van der Waals surface area contributed by atoms with Gasteiger partial charge < -0.3 is 14.4 Å². The van der Waals surface area contributed by atoms with E-state index in [4.69, 9.17) is 4.42 Å². The number of piperidine rings is 3. The van der Waals surface area contributed by atoms with Gasteiger partial charge >= 0.3 is 6.09 Å². The SMILES string of the molecule is O=C(O)N1CCc2ccccc2C1(c1ccoc1)C1CN2CCC1CC2. The maximum atomic E-state index is 12.4. The molecule has 2 unspecified atom stereocenters. The zero-order valence-electron chi connectivity index (χ0n) is 14.8. The van der Waals surface area contributed by atoms with Gasteiger partial charge in [0.15, 0.2) is 0 Å². The summed E-state index contributed by atoms with van der Waals surface area (Å²) >= 11 is 0. The van der Waals surface area contributed by atoms with Crippen molar-refractivity contribution in [1.29, 1.82) is 0 Å². The third-order valence-electron chi connectivity index (χ3n) is 6.84. The number of hydrogen-bond acceptors (Lipinski definition) is 3. The van der Waals surface area contributed by atoms with Crippen molar-refractivity contribution in [2.45, 2.75) is 24.8 Å². The molecule has 5 heteroatoms. The lowest BCUT2D eigenvalue weighted by Gasteiger charge is -2.57. The summed E-state index contributed by atoms with van der Waals surface area (Å²) in [6, 6.07) is 10.4. The summed E-state index contributed by atoms with van der Waals surface area (Å²) in [5, 5.41) is 10.2. The molecule has 2 bridgehead atoms. The van der Waals surface area contributed by atoms with Crippen LogP contribution in [0.2, 0.25) is 0 Å². The monoisotopic (exact) mass is 352 g/mol. The molecule has 136 valence electrons. The summed E-state index contributed by atoms with van der Waals surface area (Å²) < 4.78 is 5.47. The van der Waals surface area contributed by atoms with Gasteiger partial charge in [0.05, 0.1) is 12.5 Å². The van der Waals surface area contributed by atoms with E-state index in [9.17, 15) is 9.90 Å². The van der Waals surface area contributed by atoms with E-state index in [0.717, 1.165) is 50.0 Å². The van der Waals surface area contributed by atoms with Crippen LogP contribution in [-0.2, 0) is 12.0 Å². The first-order chi connectivity index (χ1) is 12.7. The van der Waals surface area contributed by atoms with Gasteiger partial charge in [0.1, 0.15) is 5.54 Å². The van der Waals surface area contributed by atoms with Crippen LogP contribution in [0.15, 0.2) is 47.3 Å². The molecule has 3 saturated heterocycles. The molecule has 4 aliphatic rings. The summed E-state index contributed by atoms with van der Waals surface area (Å²) in [6.45, 7) is 3.75. The van der Waals surface area contributed by atoms with E-state index in [0.29, 0.717) is 12.5 Å². The van der Waals surface area contributed by atoms with E-state index < -0.39 is 11.6 Å². The Balaban J connectivity index is 1.78. The topological polar surface area (TPSA) is 56.9 Å². The van der Waals surface area contributed by atoms with E-state index >= 15 is 0 Å². The van der Waals surface area contributed by atoms with Crippen molar-refractivity contribution < 1.29 is 14.3 Å². The number of carbonyl (C=O) groups is 1. The van der Waals surface area contributed by atoms with Gasteiger partial charge in [-0.1, -0.05) is 24.3 Å². The van der Waals surface area contributed by atoms with Gasteiger partial charge in [0, 0.05) is 24.6 Å². The van der Waals surface area contributed by atoms with Crippen LogP contribution < -0.4 is 0 Å². The Morgan fingerprint density at radius 3 is 2.62 bits per heavy atom. The third kappa shape index (κ3) is 2.10. The molecule has 1 aromatic carbocycles. The molecule has 0 radical (unpaired) electrons. The second-order valence-corrected chi connectivity index (χ2v) is 7.86. The number of hydrogen-bond donors (Lipinski definition) is 1. The van der Waals surface area contributed by atoms with Crippen LogP contribution in [0.3, 0.4) is 0 Å². The van der Waals surface area contributed by atoms with Crippen molar-refractivity contribution >= 4 is 6.09 Å². The number of nitrogens with zero attached hydrogens (tertiary/aromatic N) is 2. The Bertz CT molecular complexity index is 810. The van der Waals surface area contributed by atoms with Crippen molar-refractivity contribution in [3.8, 4) is 0 Å². The van der Waals surface area contributed by atoms with E-state index in [1.54, 1.807) is 17.4 Å². The zero-order chi connectivity index (χ0) is 17.7. The molecule has 1 aromatic heterocycles. The van der Waals surface area contributed by atoms with E-state index in [-0.39, 0.29) is 5.92 Å². The van der Waals surface area contributed by atoms with Crippen LogP contribution >= 0.6 is 0 Å². The molecule has 3 fully saturated rings. The fourth-order valence-corrected chi connectivity index (χ4v) is 5.76. The van der Waals surface area contributed by atoms with Crippen molar-refractivity contribution in [1.82, 2.24) is 9.80 Å². The molecule has 0 saturated carbocycles. The Morgan fingerprint density at radius 1 is 1.15 bits per heavy atom. The molecule has 1 N–H and O–H groups in total. The van der Waals surface area contributed by atoms with Gasteiger partial charge in [0.2, 0.25) is 0 Å². The van der Waals surface area contributed by atoms with Gasteiger partial charge in [-0.15, -0.1) is 0 Å². The summed E-state index contributed by atoms with van der Waals surface area (Å²) in [7, 11) is 0. The first-order valence-electron chi connectivity index (χ1n) is 9.55. The lowest BCUT2D eigenvalue weighted by atomic mass is 9.61. The first-order valence-corrected chi connectivity index (χ1v) is 9.55. The molecule has 0 spiro atoms. The molecular weight excluding hydrogens is 328 g/mol. The predicted molar refractivity (Wildman–Crippen MR) is 97.0 cm³/mol. The highest BCUT2D eigenvalue weighted by atomic mass is 16.4. The average molecular weight is 352 g/mol. The Labute approximate surface area is 153 Å². The van der Waals surface area contributed by atoms with Crippen LogP contribution in [-0.4, -0.2) is 47.2 Å². The lowest BCUT2D eigenvalue weighted by Crippen LogP contribution is -2.64. The summed E-state index contributed by atoms with van der Waals surface area (Å²) in [5.74, 6) is 0.794. The third-order valence-corrected chi connectivity index (χ3v) is 6.84. The van der Waals surface area contributed by atoms with Crippen molar-refractivity contribution in [2.24, 2.45) is 11.8 Å². The Hall–Kier alpha value is -2.27. The second kappa shape index (κ2) is 5.88. The predicted octanol–water partition coefficient (Wildman–Crippen LogP) is 3.40. The zero-order valence-corrected chi connectivity index (χ0v) is 14.8. The maximum Gasteiger partial charge on any atom is 0.408 e. The summed E-state index contributed by atoms with van der Waals surface area (Å²) in [4.78, 5) is 16.6. The molecule has 5 nitrogen and oxygen atoms in total. The van der Waals surface area contributed by atoms with E-state index in [2.05, 4.69) is 23.1 Å². The van der Waals surface area contributed by atoms with Crippen molar-refractivity contribution in [3.05, 3.63) is 59.5 Å². The number of furan rings is 1. The molecule has 0 aliphatic carbocycles. The number of amides is 1. The summed E-state index contributed by atoms with van der Waals surface area (Å²) in [5.41, 5.74) is 2.74. The van der Waals surface area contributed by atoms with Crippen LogP contribution in [0.5, 0.6) is 0 Å². The van der Waals surface area contributed by atoms with Crippen LogP contribution in [0.1, 0.15) is 29.5 Å². The molecule has 2 atom stereocenters. The molecule has 5 heterocycles. The van der Waals surface area contributed by atoms with Gasteiger partial charge in [-0.25, -0.2) is 4.79 Å². The van der Waals surface area contributed by atoms with Crippen molar-refractivity contribution in [2.75, 3.05) is 26.2 Å². The molecular formula is C21H24N2O3. The fourth-order valence-electron chi connectivity index (χ4n) is 5.76. The highest BCUT2D eigenvalue weighted by Crippen LogP contribution is 2.53. The van der Waals surface area contributed by atoms with Crippen LogP contribution in [0, 0.1) is 11.8 Å². The average Bonchev–Trinajstić information content (AvgIpc) is 3.22. The number of carboxylic acid groups (broad SMARTS) is 1. The van der Waals surface area contributed by atoms with Crippen LogP contribution in [0.4, 0.5) is 4.79 Å². The Morgan fingerprint density at radius 2 is 1.96 bits per heavy atom. The Kier molecular flexibility index (Phi) is 3.60. The van der Waals surface area contributed by atoms with E-state index in [1.807, 2.05) is 12.1 Å². The highest BCUT2D eigenvalue weighted by molar-refractivity contribution is 5.69. The lowest BCUT2D eigenvalue weighted by molar-refractivity contribution is -0.0424. The molecule has 1 amide bonds. The number of rotatable bonds is 2. The molecule has 2 aromatic rings. The number of benzene rings is 1. The van der Waals surface area contributed by atoms with Crippen molar-refractivity contribution in [3.63, 3.8) is 0 Å². The number of fused-ring (bicyclic) bond motifs is 4. The largest absolute Gasteiger partial charge is 0.472 e. The fraction of sp³-hybridized carbons (Fsp3) is 0.476. The highest BCUT2D eigenvalue weighted by Gasteiger charge is 2.56. The molecule has 26 heavy (non-hydrogen) atoms. The minimum absolute atomic E-state index is 0.250. The van der Waals surface area contributed by atoms with Gasteiger partial charge in [-0.05, 0) is 55.5 Å². The van der Waals surface area contributed by atoms with Gasteiger partial charge in [-0.2, -0.15) is 0 Å². The quantitative estimate of drug-likeness (QED) is 0.900. The normalized spacial score (nSPS) is 33.1. The van der Waals surface area contributed by atoms with E-state index in [1.165, 1.54) is 5.56 Å². The molecule has 6 rings (SSSR count). The molecule has 4 aliphatic heterocycles. The van der Waals surface area contributed by atoms with Crippen LogP contribution in [0.25, 0.3) is 0 Å². The first kappa shape index (κ1) is 15.9. The van der Waals surface area contributed by atoms with Gasteiger partial charge in [-0.3, -0.25) is 4.90 Å². The maximum absolute atomic E-state index is 12.4. The second-order valence-electron chi connectivity index (χ2n) is 7.86. The minimum Gasteiger partial charge on any atom is -0.472 e. The smallest absolute Gasteiger partial charge is 0.408 e.